The molecule has 2 rings (SSSR count). The molecule has 82 valence electrons. The first-order valence-corrected chi connectivity index (χ1v) is 5.86. The third-order valence-electron chi connectivity index (χ3n) is 3.02. The molecule has 0 bridgehead atoms. The molecule has 0 aliphatic carbocycles. The van der Waals surface area contributed by atoms with Gasteiger partial charge < -0.3 is 0 Å². The zero-order valence-electron chi connectivity index (χ0n) is 10.3. The van der Waals surface area contributed by atoms with Crippen LogP contribution in [0.5, 0.6) is 0 Å². The summed E-state index contributed by atoms with van der Waals surface area (Å²) in [5.74, 6) is 4.58. The molecule has 0 spiro atoms. The van der Waals surface area contributed by atoms with Crippen LogP contribution < -0.4 is 0 Å². The van der Waals surface area contributed by atoms with Crippen molar-refractivity contribution in [2.24, 2.45) is 0 Å². The lowest BCUT2D eigenvalue weighted by Crippen LogP contribution is -2.11. The Morgan fingerprint density at radius 1 is 0.812 bits per heavy atom. The van der Waals surface area contributed by atoms with Crippen molar-refractivity contribution in [1.29, 1.82) is 0 Å². The Bertz CT molecular complexity index is 449. The van der Waals surface area contributed by atoms with Gasteiger partial charge in [0.05, 0.1) is 0 Å². The van der Waals surface area contributed by atoms with Gasteiger partial charge in [-0.2, -0.15) is 0 Å². The first kappa shape index (κ1) is 11.1. The van der Waals surface area contributed by atoms with E-state index in [1.165, 1.54) is 11.0 Å². The van der Waals surface area contributed by atoms with Crippen LogP contribution in [0.25, 0.3) is 5.46 Å². The molecule has 0 fully saturated rings. The minimum absolute atomic E-state index is 0.245. The lowest BCUT2D eigenvalue weighted by molar-refractivity contribution is 0.591. The van der Waals surface area contributed by atoms with E-state index < -0.39 is 0 Å². The van der Waals surface area contributed by atoms with Gasteiger partial charge >= 0.3 is 0 Å². The Balaban J connectivity index is 2.34. The summed E-state index contributed by atoms with van der Waals surface area (Å²) in [6, 6.07) is 15.1. The molecule has 0 saturated heterocycles. The van der Waals surface area contributed by atoms with E-state index in [0.717, 1.165) is 0 Å². The molecule has 0 nitrogen and oxygen atoms in total. The molecule has 1 heteroatoms. The molecular weight excluding hydrogens is 191 g/mol. The Hall–Kier alpha value is -1.37. The maximum atomic E-state index is 2.29. The van der Waals surface area contributed by atoms with Crippen LogP contribution in [0.4, 0.5) is 0 Å². The van der Waals surface area contributed by atoms with E-state index >= 15 is 0 Å². The van der Waals surface area contributed by atoms with Gasteiger partial charge in [-0.3, -0.25) is 11.9 Å². The predicted molar refractivity (Wildman–Crippen MR) is 72.4 cm³/mol. The van der Waals surface area contributed by atoms with Crippen LogP contribution in [-0.4, -0.2) is 6.34 Å². The van der Waals surface area contributed by atoms with Crippen molar-refractivity contribution in [3.63, 3.8) is 0 Å². The highest BCUT2D eigenvalue weighted by Gasteiger charge is 2.10. The van der Waals surface area contributed by atoms with E-state index in [9.17, 15) is 0 Å². The molecule has 0 atom stereocenters. The fraction of sp³-hybridized carbons (Fsp3) is 0.267. The molecule has 0 saturated carbocycles. The fourth-order valence-corrected chi connectivity index (χ4v) is 1.93. The standard InChI is InChI=1S/C15H18B/c1-15(2,3)13-9-11-16(12-10-13)14-7-5-4-6-8-14/h4-12H,1-3H3/q-1. The summed E-state index contributed by atoms with van der Waals surface area (Å²) in [6.07, 6.45) is 0.437. The maximum Gasteiger partial charge on any atom is -0.0135 e. The van der Waals surface area contributed by atoms with Crippen LogP contribution in [-0.2, 0) is 5.41 Å². The summed E-state index contributed by atoms with van der Waals surface area (Å²) in [5, 5.41) is 0. The second-order valence-corrected chi connectivity index (χ2v) is 5.36. The van der Waals surface area contributed by atoms with Gasteiger partial charge in [-0.1, -0.05) is 57.4 Å². The quantitative estimate of drug-likeness (QED) is 0.665. The van der Waals surface area contributed by atoms with Gasteiger partial charge in [-0.25, -0.2) is 5.46 Å². The van der Waals surface area contributed by atoms with Gasteiger partial charge in [0.2, 0.25) is 0 Å². The third-order valence-corrected chi connectivity index (χ3v) is 3.02. The van der Waals surface area contributed by atoms with Crippen molar-refractivity contribution >= 4 is 6.34 Å². The molecule has 0 aliphatic heterocycles. The molecule has 1 heterocycles. The predicted octanol–water partition coefficient (Wildman–Crippen LogP) is 4.00. The Morgan fingerprint density at radius 3 is 1.88 bits per heavy atom. The minimum atomic E-state index is 0.245. The molecule has 0 aliphatic rings. The van der Waals surface area contributed by atoms with Crippen molar-refractivity contribution in [2.75, 3.05) is 0 Å². The average Bonchev–Trinajstić information content (AvgIpc) is 2.29. The van der Waals surface area contributed by atoms with E-state index in [2.05, 4.69) is 75.2 Å². The zero-order chi connectivity index (χ0) is 11.6. The zero-order valence-corrected chi connectivity index (χ0v) is 10.3. The van der Waals surface area contributed by atoms with Gasteiger partial charge in [0, 0.05) is 0 Å². The molecule has 2 aromatic rings. The number of hydrogen-bond donors (Lipinski definition) is 0. The van der Waals surface area contributed by atoms with Gasteiger partial charge in [0.25, 0.3) is 0 Å². The van der Waals surface area contributed by atoms with Gasteiger partial charge in [0.1, 0.15) is 0 Å². The maximum absolute atomic E-state index is 2.29. The molecule has 1 aromatic carbocycles. The van der Waals surface area contributed by atoms with E-state index in [4.69, 9.17) is 0 Å². The normalized spacial score (nSPS) is 11.4. The number of rotatable bonds is 1. The van der Waals surface area contributed by atoms with Crippen molar-refractivity contribution < 1.29 is 0 Å². The van der Waals surface area contributed by atoms with Gasteiger partial charge in [-0.05, 0) is 11.0 Å². The molecule has 0 amide bonds. The van der Waals surface area contributed by atoms with E-state index in [-0.39, 0.29) is 5.41 Å². The van der Waals surface area contributed by atoms with E-state index in [1.54, 1.807) is 0 Å². The molecule has 0 radical (unpaired) electrons. The Morgan fingerprint density at radius 2 is 1.38 bits per heavy atom. The molecule has 16 heavy (non-hydrogen) atoms. The van der Waals surface area contributed by atoms with E-state index in [1.807, 2.05) is 0 Å². The van der Waals surface area contributed by atoms with Crippen molar-refractivity contribution in [3.8, 4) is 5.46 Å². The number of benzene rings is 1. The molecular formula is C15H18B-. The first-order valence-electron chi connectivity index (χ1n) is 5.86. The van der Waals surface area contributed by atoms with Crippen LogP contribution >= 0.6 is 0 Å². The summed E-state index contributed by atoms with van der Waals surface area (Å²) < 4.78 is 0. The van der Waals surface area contributed by atoms with Crippen LogP contribution in [0.2, 0.25) is 0 Å². The van der Waals surface area contributed by atoms with E-state index in [0.29, 0.717) is 6.34 Å². The fourth-order valence-electron chi connectivity index (χ4n) is 1.93. The SMILES string of the molecule is CC(C)(C)c1cc[b-](-c2ccccc2)cc1. The lowest BCUT2D eigenvalue weighted by Gasteiger charge is -2.22. The highest BCUT2D eigenvalue weighted by molar-refractivity contribution is 6.63. The van der Waals surface area contributed by atoms with Gasteiger partial charge in [-0.15, -0.1) is 12.1 Å². The molecule has 1 aromatic heterocycles. The van der Waals surface area contributed by atoms with Crippen LogP contribution in [0.3, 0.4) is 0 Å². The second-order valence-electron chi connectivity index (χ2n) is 5.36. The first-order chi connectivity index (χ1) is 7.57. The topological polar surface area (TPSA) is 0 Å². The summed E-state index contributed by atoms with van der Waals surface area (Å²) >= 11 is 0. The monoisotopic (exact) mass is 209 g/mol. The Kier molecular flexibility index (Phi) is 2.96. The van der Waals surface area contributed by atoms with Crippen LogP contribution in [0, 0.1) is 0 Å². The Labute approximate surface area is 98.4 Å². The van der Waals surface area contributed by atoms with Gasteiger partial charge in [0.15, 0.2) is 0 Å². The smallest absolute Gasteiger partial charge is 0.0135 e. The van der Waals surface area contributed by atoms with Crippen LogP contribution in [0.15, 0.2) is 54.4 Å². The highest BCUT2D eigenvalue weighted by atomic mass is 14.2. The summed E-state index contributed by atoms with van der Waals surface area (Å²) in [5.41, 5.74) is 3.01. The average molecular weight is 209 g/mol. The van der Waals surface area contributed by atoms with Crippen LogP contribution in [0.1, 0.15) is 26.3 Å². The number of hydrogen-bond acceptors (Lipinski definition) is 0. The summed E-state index contributed by atoms with van der Waals surface area (Å²) in [4.78, 5) is 0. The molecule has 0 unspecified atom stereocenters. The molecule has 0 N–H and O–H groups in total. The minimum Gasteiger partial charge on any atom is -0.259 e. The largest absolute Gasteiger partial charge is 0.259 e. The summed E-state index contributed by atoms with van der Waals surface area (Å²) in [6.45, 7) is 6.75. The van der Waals surface area contributed by atoms with Crippen molar-refractivity contribution in [3.05, 3.63) is 60.0 Å². The third kappa shape index (κ3) is 2.41. The second kappa shape index (κ2) is 4.25. The summed E-state index contributed by atoms with van der Waals surface area (Å²) in [7, 11) is 0. The highest BCUT2D eigenvalue weighted by Crippen LogP contribution is 2.21. The lowest BCUT2D eigenvalue weighted by atomic mass is 9.59. The van der Waals surface area contributed by atoms with Crippen molar-refractivity contribution in [2.45, 2.75) is 26.2 Å². The van der Waals surface area contributed by atoms with Crippen molar-refractivity contribution in [1.82, 2.24) is 0 Å².